The number of nitrogens with one attached hydrogen (secondary N) is 1. The van der Waals surface area contributed by atoms with E-state index in [0.29, 0.717) is 0 Å². The molecule has 0 spiro atoms. The van der Waals surface area contributed by atoms with E-state index < -0.39 is 0 Å². The average molecular weight is 415 g/mol. The molecule has 0 aliphatic carbocycles. The molecule has 0 heterocycles. The van der Waals surface area contributed by atoms with Crippen LogP contribution >= 0.6 is 31.9 Å². The second-order valence-electron chi connectivity index (χ2n) is 4.67. The zero-order chi connectivity index (χ0) is 15.2. The summed E-state index contributed by atoms with van der Waals surface area (Å²) in [6.45, 7) is 1.64. The van der Waals surface area contributed by atoms with Crippen LogP contribution in [0.3, 0.4) is 0 Å². The lowest BCUT2D eigenvalue weighted by molar-refractivity contribution is 0.282. The van der Waals surface area contributed by atoms with E-state index in [0.717, 1.165) is 33.3 Å². The van der Waals surface area contributed by atoms with Crippen molar-refractivity contribution >= 4 is 31.9 Å². The Hall–Kier alpha value is -0.880. The van der Waals surface area contributed by atoms with Crippen LogP contribution in [0.15, 0.2) is 45.3 Å². The zero-order valence-corrected chi connectivity index (χ0v) is 14.9. The van der Waals surface area contributed by atoms with Gasteiger partial charge in [0.15, 0.2) is 0 Å². The minimum absolute atomic E-state index is 0.0849. The number of hydrogen-bond acceptors (Lipinski definition) is 3. The highest BCUT2D eigenvalue weighted by Gasteiger charge is 2.07. The van der Waals surface area contributed by atoms with Crippen LogP contribution in [0.25, 0.3) is 0 Å². The van der Waals surface area contributed by atoms with Gasteiger partial charge in [0.1, 0.15) is 5.75 Å². The molecule has 0 atom stereocenters. The van der Waals surface area contributed by atoms with Crippen LogP contribution in [0.4, 0.5) is 0 Å². The SMILES string of the molecule is COc1c(Br)cc(CNCc2ccc(CO)cc2)cc1Br. The molecular formula is C16H17Br2NO2. The second-order valence-corrected chi connectivity index (χ2v) is 6.38. The number of ether oxygens (including phenoxy) is 1. The molecule has 0 bridgehead atoms. The van der Waals surface area contributed by atoms with Crippen LogP contribution in [0.1, 0.15) is 16.7 Å². The first-order chi connectivity index (χ1) is 10.1. The van der Waals surface area contributed by atoms with Gasteiger partial charge in [-0.15, -0.1) is 0 Å². The summed E-state index contributed by atoms with van der Waals surface area (Å²) >= 11 is 7.01. The summed E-state index contributed by atoms with van der Waals surface area (Å²) in [5.41, 5.74) is 3.29. The fourth-order valence-corrected chi connectivity index (χ4v) is 3.63. The molecule has 0 saturated carbocycles. The van der Waals surface area contributed by atoms with E-state index >= 15 is 0 Å². The number of aliphatic hydroxyl groups is 1. The Morgan fingerprint density at radius 2 is 1.48 bits per heavy atom. The van der Waals surface area contributed by atoms with Gasteiger partial charge in [-0.3, -0.25) is 0 Å². The number of aliphatic hydroxyl groups excluding tert-OH is 1. The van der Waals surface area contributed by atoms with E-state index in [4.69, 9.17) is 9.84 Å². The fraction of sp³-hybridized carbons (Fsp3) is 0.250. The highest BCUT2D eigenvalue weighted by Crippen LogP contribution is 2.34. The van der Waals surface area contributed by atoms with Crippen LogP contribution in [0, 0.1) is 0 Å². The smallest absolute Gasteiger partial charge is 0.147 e. The molecule has 0 aliphatic heterocycles. The molecule has 0 fully saturated rings. The van der Waals surface area contributed by atoms with E-state index in [9.17, 15) is 0 Å². The minimum Gasteiger partial charge on any atom is -0.494 e. The third-order valence-electron chi connectivity index (χ3n) is 3.13. The maximum Gasteiger partial charge on any atom is 0.147 e. The number of hydrogen-bond donors (Lipinski definition) is 2. The van der Waals surface area contributed by atoms with Crippen molar-refractivity contribution in [1.29, 1.82) is 0 Å². The van der Waals surface area contributed by atoms with E-state index in [2.05, 4.69) is 37.2 Å². The van der Waals surface area contributed by atoms with Crippen molar-refractivity contribution in [2.45, 2.75) is 19.7 Å². The summed E-state index contributed by atoms with van der Waals surface area (Å²) in [4.78, 5) is 0. The Morgan fingerprint density at radius 3 is 2.00 bits per heavy atom. The van der Waals surface area contributed by atoms with Crippen LogP contribution in [-0.4, -0.2) is 12.2 Å². The Labute approximate surface area is 141 Å². The maximum absolute atomic E-state index is 9.01. The van der Waals surface area contributed by atoms with E-state index in [1.54, 1.807) is 7.11 Å². The first-order valence-corrected chi connectivity index (χ1v) is 8.14. The van der Waals surface area contributed by atoms with Crippen LogP contribution in [0.2, 0.25) is 0 Å². The Balaban J connectivity index is 1.93. The van der Waals surface area contributed by atoms with Crippen molar-refractivity contribution in [2.24, 2.45) is 0 Å². The number of benzene rings is 2. The summed E-state index contributed by atoms with van der Waals surface area (Å²) in [6.07, 6.45) is 0. The highest BCUT2D eigenvalue weighted by molar-refractivity contribution is 9.11. The summed E-state index contributed by atoms with van der Waals surface area (Å²) in [5, 5.41) is 12.4. The molecule has 2 aromatic rings. The predicted molar refractivity (Wildman–Crippen MR) is 91.3 cm³/mol. The lowest BCUT2D eigenvalue weighted by Gasteiger charge is -2.10. The Morgan fingerprint density at radius 1 is 0.952 bits per heavy atom. The number of rotatable bonds is 6. The number of methoxy groups -OCH3 is 1. The van der Waals surface area contributed by atoms with Crippen molar-refractivity contribution in [1.82, 2.24) is 5.32 Å². The summed E-state index contributed by atoms with van der Waals surface area (Å²) in [7, 11) is 1.65. The first kappa shape index (κ1) is 16.5. The first-order valence-electron chi connectivity index (χ1n) is 6.55. The minimum atomic E-state index is 0.0849. The van der Waals surface area contributed by atoms with Gasteiger partial charge in [-0.25, -0.2) is 0 Å². The summed E-state index contributed by atoms with van der Waals surface area (Å²) in [5.74, 6) is 0.804. The fourth-order valence-electron chi connectivity index (χ4n) is 2.02. The number of halogens is 2. The van der Waals surface area contributed by atoms with Crippen molar-refractivity contribution in [3.8, 4) is 5.75 Å². The molecule has 0 aliphatic rings. The van der Waals surface area contributed by atoms with E-state index in [-0.39, 0.29) is 6.61 Å². The molecule has 2 rings (SSSR count). The van der Waals surface area contributed by atoms with Gasteiger partial charge in [0.05, 0.1) is 22.7 Å². The Kier molecular flexibility index (Phi) is 6.23. The molecule has 3 nitrogen and oxygen atoms in total. The quantitative estimate of drug-likeness (QED) is 0.750. The molecule has 0 saturated heterocycles. The monoisotopic (exact) mass is 413 g/mol. The molecular weight excluding hydrogens is 398 g/mol. The largest absolute Gasteiger partial charge is 0.494 e. The third-order valence-corrected chi connectivity index (χ3v) is 4.30. The van der Waals surface area contributed by atoms with Gasteiger partial charge in [-0.05, 0) is 60.7 Å². The van der Waals surface area contributed by atoms with Crippen LogP contribution in [-0.2, 0) is 19.7 Å². The lowest BCUT2D eigenvalue weighted by atomic mass is 10.1. The van der Waals surface area contributed by atoms with Crippen molar-refractivity contribution in [2.75, 3.05) is 7.11 Å². The van der Waals surface area contributed by atoms with Crippen molar-refractivity contribution in [3.63, 3.8) is 0 Å². The third kappa shape index (κ3) is 4.54. The molecule has 0 amide bonds. The maximum atomic E-state index is 9.01. The van der Waals surface area contributed by atoms with Gasteiger partial charge in [0.25, 0.3) is 0 Å². The topological polar surface area (TPSA) is 41.5 Å². The van der Waals surface area contributed by atoms with Gasteiger partial charge in [0, 0.05) is 13.1 Å². The van der Waals surface area contributed by atoms with E-state index in [1.807, 2.05) is 36.4 Å². The predicted octanol–water partition coefficient (Wildman–Crippen LogP) is 4.00. The summed E-state index contributed by atoms with van der Waals surface area (Å²) in [6, 6.07) is 12.0. The van der Waals surface area contributed by atoms with Gasteiger partial charge in [-0.1, -0.05) is 24.3 Å². The molecule has 2 aromatic carbocycles. The summed E-state index contributed by atoms with van der Waals surface area (Å²) < 4.78 is 7.16. The molecule has 5 heteroatoms. The van der Waals surface area contributed by atoms with Crippen molar-refractivity contribution < 1.29 is 9.84 Å². The zero-order valence-electron chi connectivity index (χ0n) is 11.7. The van der Waals surface area contributed by atoms with Gasteiger partial charge >= 0.3 is 0 Å². The molecule has 112 valence electrons. The van der Waals surface area contributed by atoms with E-state index in [1.165, 1.54) is 11.1 Å². The standard InChI is InChI=1S/C16H17Br2NO2/c1-21-16-14(17)6-13(7-15(16)18)9-19-8-11-2-4-12(10-20)5-3-11/h2-7,19-20H,8-10H2,1H3. The van der Waals surface area contributed by atoms with Gasteiger partial charge in [0.2, 0.25) is 0 Å². The van der Waals surface area contributed by atoms with Crippen molar-refractivity contribution in [3.05, 3.63) is 62.0 Å². The van der Waals surface area contributed by atoms with Gasteiger partial charge < -0.3 is 15.2 Å². The molecule has 0 radical (unpaired) electrons. The average Bonchev–Trinajstić information content (AvgIpc) is 2.48. The molecule has 0 unspecified atom stereocenters. The highest BCUT2D eigenvalue weighted by atomic mass is 79.9. The Bertz CT molecular complexity index is 577. The lowest BCUT2D eigenvalue weighted by Crippen LogP contribution is -2.12. The van der Waals surface area contributed by atoms with Crippen LogP contribution in [0.5, 0.6) is 5.75 Å². The van der Waals surface area contributed by atoms with Crippen LogP contribution < -0.4 is 10.1 Å². The molecule has 21 heavy (non-hydrogen) atoms. The normalized spacial score (nSPS) is 10.7. The second kappa shape index (κ2) is 7.94. The molecule has 2 N–H and O–H groups in total. The van der Waals surface area contributed by atoms with Gasteiger partial charge in [-0.2, -0.15) is 0 Å². The molecule has 0 aromatic heterocycles.